The molecule has 13 aromatic rings. The predicted octanol–water partition coefficient (Wildman–Crippen LogP) is 17.9. The van der Waals surface area contributed by atoms with Crippen LogP contribution in [0.15, 0.2) is 255 Å². The number of nitrogens with zero attached hydrogens (tertiary/aromatic N) is 2. The summed E-state index contributed by atoms with van der Waals surface area (Å²) in [6, 6.07) is 93.3. The van der Waals surface area contributed by atoms with Gasteiger partial charge in [0.2, 0.25) is 0 Å². The first-order valence-electron chi connectivity index (χ1n) is 22.7. The molecule has 0 aliphatic carbocycles. The number of para-hydroxylation sites is 2. The van der Waals surface area contributed by atoms with Crippen molar-refractivity contribution in [1.29, 1.82) is 0 Å². The summed E-state index contributed by atoms with van der Waals surface area (Å²) in [5.74, 6) is 0. The van der Waals surface area contributed by atoms with E-state index in [2.05, 4.69) is 264 Å². The average molecular weight is 839 g/mol. The second kappa shape index (κ2) is 15.5. The van der Waals surface area contributed by atoms with E-state index in [0.29, 0.717) is 0 Å². The van der Waals surface area contributed by atoms with Gasteiger partial charge in [-0.25, -0.2) is 0 Å². The lowest BCUT2D eigenvalue weighted by Crippen LogP contribution is -2.10. The summed E-state index contributed by atoms with van der Waals surface area (Å²) in [6.07, 6.45) is 0. The van der Waals surface area contributed by atoms with Crippen molar-refractivity contribution in [2.24, 2.45) is 0 Å². The van der Waals surface area contributed by atoms with Crippen LogP contribution in [0.4, 0.5) is 17.1 Å². The third kappa shape index (κ3) is 6.26. The van der Waals surface area contributed by atoms with Crippen LogP contribution in [-0.4, -0.2) is 4.57 Å². The van der Waals surface area contributed by atoms with Crippen molar-refractivity contribution in [2.75, 3.05) is 4.90 Å². The molecule has 308 valence electrons. The quantitative estimate of drug-likeness (QED) is 0.145. The van der Waals surface area contributed by atoms with Crippen LogP contribution in [0.2, 0.25) is 0 Å². The molecule has 0 aliphatic rings. The zero-order valence-corrected chi connectivity index (χ0v) is 36.1. The SMILES string of the molecule is c1ccc(-n2c3ccccc3c3cc(-c4ccc(N(c5ccc(-c6cc7ccccc7c7ccccc67)cc5)c5cccc(-c6cc7ccccc7c7ccccc67)c5)cc4)ccc32)cc1. The molecule has 0 amide bonds. The Balaban J connectivity index is 0.940. The van der Waals surface area contributed by atoms with Crippen molar-refractivity contribution in [3.8, 4) is 39.1 Å². The van der Waals surface area contributed by atoms with E-state index in [-0.39, 0.29) is 0 Å². The normalized spacial score (nSPS) is 11.6. The Labute approximate surface area is 383 Å². The van der Waals surface area contributed by atoms with Gasteiger partial charge in [-0.1, -0.05) is 176 Å². The zero-order chi connectivity index (χ0) is 43.6. The minimum absolute atomic E-state index is 1.09. The molecule has 0 bridgehead atoms. The number of fused-ring (bicyclic) bond motifs is 9. The molecule has 0 saturated carbocycles. The van der Waals surface area contributed by atoms with Gasteiger partial charge < -0.3 is 9.47 Å². The van der Waals surface area contributed by atoms with Crippen LogP contribution in [-0.2, 0) is 0 Å². The number of rotatable bonds is 7. The van der Waals surface area contributed by atoms with E-state index in [1.165, 1.54) is 98.3 Å². The summed E-state index contributed by atoms with van der Waals surface area (Å²) < 4.78 is 2.37. The first-order chi connectivity index (χ1) is 32.7. The highest BCUT2D eigenvalue weighted by molar-refractivity contribution is 6.15. The fraction of sp³-hybridized carbons (Fsp3) is 0. The molecule has 0 unspecified atom stereocenters. The molecule has 0 N–H and O–H groups in total. The maximum atomic E-state index is 2.40. The minimum Gasteiger partial charge on any atom is -0.310 e. The molecule has 1 heterocycles. The Morgan fingerprint density at radius 2 is 0.727 bits per heavy atom. The number of aromatic nitrogens is 1. The van der Waals surface area contributed by atoms with Crippen LogP contribution in [0.3, 0.4) is 0 Å². The second-order valence-electron chi connectivity index (χ2n) is 17.3. The average Bonchev–Trinajstić information content (AvgIpc) is 3.73. The molecule has 12 aromatic carbocycles. The van der Waals surface area contributed by atoms with Gasteiger partial charge in [-0.3, -0.25) is 0 Å². The van der Waals surface area contributed by atoms with Gasteiger partial charge in [0.05, 0.1) is 11.0 Å². The molecule has 66 heavy (non-hydrogen) atoms. The van der Waals surface area contributed by atoms with E-state index < -0.39 is 0 Å². The van der Waals surface area contributed by atoms with Crippen molar-refractivity contribution in [3.63, 3.8) is 0 Å². The fourth-order valence-corrected chi connectivity index (χ4v) is 10.4. The van der Waals surface area contributed by atoms with Gasteiger partial charge in [0.25, 0.3) is 0 Å². The molecule has 2 heteroatoms. The Hall–Kier alpha value is -8.72. The first kappa shape index (κ1) is 37.8. The zero-order valence-electron chi connectivity index (χ0n) is 36.1. The summed E-state index contributed by atoms with van der Waals surface area (Å²) in [7, 11) is 0. The highest BCUT2D eigenvalue weighted by Crippen LogP contribution is 2.43. The van der Waals surface area contributed by atoms with Crippen molar-refractivity contribution < 1.29 is 0 Å². The molecule has 1 aromatic heterocycles. The van der Waals surface area contributed by atoms with Crippen LogP contribution >= 0.6 is 0 Å². The van der Waals surface area contributed by atoms with Gasteiger partial charge >= 0.3 is 0 Å². The van der Waals surface area contributed by atoms with Crippen LogP contribution < -0.4 is 4.90 Å². The number of hydrogen-bond donors (Lipinski definition) is 0. The van der Waals surface area contributed by atoms with E-state index in [1.54, 1.807) is 0 Å². The lowest BCUT2D eigenvalue weighted by atomic mass is 9.93. The number of hydrogen-bond acceptors (Lipinski definition) is 1. The second-order valence-corrected chi connectivity index (χ2v) is 17.3. The third-order valence-electron chi connectivity index (χ3n) is 13.5. The summed E-state index contributed by atoms with van der Waals surface area (Å²) >= 11 is 0. The monoisotopic (exact) mass is 838 g/mol. The topological polar surface area (TPSA) is 8.17 Å². The van der Waals surface area contributed by atoms with Gasteiger partial charge in [0, 0.05) is 33.5 Å². The summed E-state index contributed by atoms with van der Waals surface area (Å²) in [6.45, 7) is 0. The molecular formula is C64H42N2. The van der Waals surface area contributed by atoms with Crippen molar-refractivity contribution in [2.45, 2.75) is 0 Å². The Bertz CT molecular complexity index is 3970. The van der Waals surface area contributed by atoms with Crippen LogP contribution in [0.5, 0.6) is 0 Å². The molecule has 13 rings (SSSR count). The van der Waals surface area contributed by atoms with Crippen molar-refractivity contribution in [3.05, 3.63) is 255 Å². The molecule has 0 atom stereocenters. The Morgan fingerprint density at radius 1 is 0.242 bits per heavy atom. The highest BCUT2D eigenvalue weighted by Gasteiger charge is 2.18. The Kier molecular flexibility index (Phi) is 8.89. The summed E-state index contributed by atoms with van der Waals surface area (Å²) in [5, 5.41) is 12.6. The standard InChI is InChI=1S/C64H42N2/c1-2-18-49(19-3-1)66-63-28-13-12-27-59(63)62-40-45(33-38-64(62)66)43-29-34-50(35-30-43)65(51-36-31-44(32-37-51)60-41-47-15-4-6-21-53(47)55-23-8-10-25-57(55)60)52-20-14-17-46(39-52)61-42-48-16-5-7-22-54(48)56-24-9-11-26-58(56)61/h1-42H. The van der Waals surface area contributed by atoms with Crippen LogP contribution in [0, 0.1) is 0 Å². The van der Waals surface area contributed by atoms with E-state index in [4.69, 9.17) is 0 Å². The fourth-order valence-electron chi connectivity index (χ4n) is 10.4. The minimum atomic E-state index is 1.09. The number of benzene rings is 12. The molecule has 0 spiro atoms. The highest BCUT2D eigenvalue weighted by atomic mass is 15.1. The van der Waals surface area contributed by atoms with Crippen molar-refractivity contribution in [1.82, 2.24) is 4.57 Å². The predicted molar refractivity (Wildman–Crippen MR) is 282 cm³/mol. The lowest BCUT2D eigenvalue weighted by Gasteiger charge is -2.27. The maximum absolute atomic E-state index is 2.40. The van der Waals surface area contributed by atoms with E-state index in [1.807, 2.05) is 0 Å². The van der Waals surface area contributed by atoms with Gasteiger partial charge in [-0.15, -0.1) is 0 Å². The summed E-state index contributed by atoms with van der Waals surface area (Å²) in [5.41, 5.74) is 14.0. The maximum Gasteiger partial charge on any atom is 0.0541 e. The van der Waals surface area contributed by atoms with Crippen LogP contribution in [0.25, 0.3) is 104 Å². The van der Waals surface area contributed by atoms with E-state index in [9.17, 15) is 0 Å². The number of anilines is 3. The van der Waals surface area contributed by atoms with E-state index >= 15 is 0 Å². The molecule has 0 radical (unpaired) electrons. The molecule has 2 nitrogen and oxygen atoms in total. The molecule has 0 fully saturated rings. The molecular weight excluding hydrogens is 797 g/mol. The van der Waals surface area contributed by atoms with E-state index in [0.717, 1.165) is 22.7 Å². The molecule has 0 aliphatic heterocycles. The Morgan fingerprint density at radius 3 is 1.36 bits per heavy atom. The lowest BCUT2D eigenvalue weighted by molar-refractivity contribution is 1.18. The van der Waals surface area contributed by atoms with Gasteiger partial charge in [0.1, 0.15) is 0 Å². The summed E-state index contributed by atoms with van der Waals surface area (Å²) in [4.78, 5) is 2.40. The van der Waals surface area contributed by atoms with Crippen LogP contribution in [0.1, 0.15) is 0 Å². The van der Waals surface area contributed by atoms with Gasteiger partial charge in [-0.2, -0.15) is 0 Å². The smallest absolute Gasteiger partial charge is 0.0541 e. The first-order valence-corrected chi connectivity index (χ1v) is 22.7. The molecule has 0 saturated heterocycles. The largest absolute Gasteiger partial charge is 0.310 e. The third-order valence-corrected chi connectivity index (χ3v) is 13.5. The van der Waals surface area contributed by atoms with Gasteiger partial charge in [-0.05, 0) is 155 Å². The van der Waals surface area contributed by atoms with Crippen molar-refractivity contribution >= 4 is 82.0 Å². The van der Waals surface area contributed by atoms with Gasteiger partial charge in [0.15, 0.2) is 0 Å².